The first kappa shape index (κ1) is 11.6. The SMILES string of the molecule is CC(C)c1noc(C[C@@]2(O)CC[C@@H](C)C2)n1. The van der Waals surface area contributed by atoms with E-state index in [0.29, 0.717) is 18.2 Å². The molecule has 1 aliphatic rings. The minimum atomic E-state index is -0.625. The van der Waals surface area contributed by atoms with E-state index in [-0.39, 0.29) is 5.92 Å². The lowest BCUT2D eigenvalue weighted by molar-refractivity contribution is 0.0368. The molecule has 0 radical (unpaired) electrons. The van der Waals surface area contributed by atoms with Gasteiger partial charge in [0.15, 0.2) is 5.82 Å². The lowest BCUT2D eigenvalue weighted by Crippen LogP contribution is -2.27. The van der Waals surface area contributed by atoms with Gasteiger partial charge in [-0.1, -0.05) is 25.9 Å². The van der Waals surface area contributed by atoms with Crippen molar-refractivity contribution in [3.8, 4) is 0 Å². The van der Waals surface area contributed by atoms with Gasteiger partial charge in [0, 0.05) is 5.92 Å². The maximum Gasteiger partial charge on any atom is 0.229 e. The summed E-state index contributed by atoms with van der Waals surface area (Å²) in [5.74, 6) is 2.16. The topological polar surface area (TPSA) is 59.2 Å². The van der Waals surface area contributed by atoms with E-state index in [4.69, 9.17) is 4.52 Å². The van der Waals surface area contributed by atoms with E-state index in [9.17, 15) is 5.11 Å². The van der Waals surface area contributed by atoms with Gasteiger partial charge in [-0.3, -0.25) is 0 Å². The van der Waals surface area contributed by atoms with E-state index in [0.717, 1.165) is 25.1 Å². The molecule has 1 aromatic heterocycles. The van der Waals surface area contributed by atoms with Gasteiger partial charge in [-0.25, -0.2) is 0 Å². The van der Waals surface area contributed by atoms with Crippen molar-refractivity contribution in [1.29, 1.82) is 0 Å². The largest absolute Gasteiger partial charge is 0.389 e. The van der Waals surface area contributed by atoms with Gasteiger partial charge >= 0.3 is 0 Å². The van der Waals surface area contributed by atoms with Crippen LogP contribution in [0.1, 0.15) is 57.7 Å². The fraction of sp³-hybridized carbons (Fsp3) is 0.833. The number of aromatic nitrogens is 2. The molecule has 1 fully saturated rings. The third-order valence-corrected chi connectivity index (χ3v) is 3.31. The van der Waals surface area contributed by atoms with E-state index < -0.39 is 5.60 Å². The number of aliphatic hydroxyl groups is 1. The molecule has 4 heteroatoms. The molecular formula is C12H20N2O2. The summed E-state index contributed by atoms with van der Waals surface area (Å²) in [5, 5.41) is 14.2. The highest BCUT2D eigenvalue weighted by atomic mass is 16.5. The molecule has 2 rings (SSSR count). The number of nitrogens with zero attached hydrogens (tertiary/aromatic N) is 2. The second kappa shape index (κ2) is 4.17. The van der Waals surface area contributed by atoms with Gasteiger partial charge in [-0.2, -0.15) is 4.98 Å². The van der Waals surface area contributed by atoms with E-state index in [2.05, 4.69) is 17.1 Å². The fourth-order valence-electron chi connectivity index (χ4n) is 2.38. The smallest absolute Gasteiger partial charge is 0.229 e. The van der Waals surface area contributed by atoms with Crippen LogP contribution in [0.15, 0.2) is 4.52 Å². The van der Waals surface area contributed by atoms with Gasteiger partial charge in [0.2, 0.25) is 5.89 Å². The highest BCUT2D eigenvalue weighted by molar-refractivity contribution is 4.98. The zero-order valence-corrected chi connectivity index (χ0v) is 10.2. The van der Waals surface area contributed by atoms with Crippen molar-refractivity contribution in [1.82, 2.24) is 10.1 Å². The Hall–Kier alpha value is -0.900. The molecule has 0 amide bonds. The van der Waals surface area contributed by atoms with Gasteiger partial charge in [-0.15, -0.1) is 0 Å². The van der Waals surface area contributed by atoms with E-state index in [1.54, 1.807) is 0 Å². The molecule has 16 heavy (non-hydrogen) atoms. The third-order valence-electron chi connectivity index (χ3n) is 3.31. The Labute approximate surface area is 96.1 Å². The number of rotatable bonds is 3. The van der Waals surface area contributed by atoms with Crippen LogP contribution in [-0.2, 0) is 6.42 Å². The molecule has 1 aliphatic carbocycles. The van der Waals surface area contributed by atoms with Gasteiger partial charge in [0.1, 0.15) is 0 Å². The highest BCUT2D eigenvalue weighted by Gasteiger charge is 2.37. The lowest BCUT2D eigenvalue weighted by Gasteiger charge is -2.19. The van der Waals surface area contributed by atoms with Crippen LogP contribution in [0, 0.1) is 5.92 Å². The summed E-state index contributed by atoms with van der Waals surface area (Å²) in [4.78, 5) is 4.31. The quantitative estimate of drug-likeness (QED) is 0.855. The molecule has 1 aromatic rings. The first-order valence-electron chi connectivity index (χ1n) is 6.03. The molecule has 2 atom stereocenters. The second-order valence-corrected chi connectivity index (χ2v) is 5.45. The summed E-state index contributed by atoms with van der Waals surface area (Å²) in [6.07, 6.45) is 3.26. The maximum absolute atomic E-state index is 10.3. The van der Waals surface area contributed by atoms with Crippen LogP contribution >= 0.6 is 0 Å². The van der Waals surface area contributed by atoms with Crippen molar-refractivity contribution in [3.63, 3.8) is 0 Å². The normalized spacial score (nSPS) is 30.2. The van der Waals surface area contributed by atoms with Gasteiger partial charge < -0.3 is 9.63 Å². The van der Waals surface area contributed by atoms with Gasteiger partial charge in [0.25, 0.3) is 0 Å². The standard InChI is InChI=1S/C12H20N2O2/c1-8(2)11-13-10(16-14-11)7-12(15)5-4-9(3)6-12/h8-9,15H,4-7H2,1-3H3/t9-,12-/m1/s1. The molecule has 0 spiro atoms. The summed E-state index contributed by atoms with van der Waals surface area (Å²) >= 11 is 0. The van der Waals surface area contributed by atoms with Crippen molar-refractivity contribution < 1.29 is 9.63 Å². The second-order valence-electron chi connectivity index (χ2n) is 5.45. The molecule has 90 valence electrons. The monoisotopic (exact) mass is 224 g/mol. The molecule has 0 aromatic carbocycles. The molecule has 0 bridgehead atoms. The minimum Gasteiger partial charge on any atom is -0.389 e. The summed E-state index contributed by atoms with van der Waals surface area (Å²) < 4.78 is 5.17. The molecule has 0 saturated heterocycles. The Kier molecular flexibility index (Phi) is 3.02. The van der Waals surface area contributed by atoms with Crippen LogP contribution < -0.4 is 0 Å². The summed E-state index contributed by atoms with van der Waals surface area (Å²) in [6, 6.07) is 0. The molecule has 1 heterocycles. The van der Waals surface area contributed by atoms with Crippen molar-refractivity contribution in [2.24, 2.45) is 5.92 Å². The van der Waals surface area contributed by atoms with Crippen LogP contribution in [0.2, 0.25) is 0 Å². The van der Waals surface area contributed by atoms with E-state index in [1.165, 1.54) is 0 Å². The Morgan fingerprint density at radius 1 is 1.56 bits per heavy atom. The van der Waals surface area contributed by atoms with Crippen LogP contribution in [-0.4, -0.2) is 20.8 Å². The van der Waals surface area contributed by atoms with Crippen LogP contribution in [0.25, 0.3) is 0 Å². The molecule has 1 N–H and O–H groups in total. The molecule has 1 saturated carbocycles. The molecule has 0 unspecified atom stereocenters. The van der Waals surface area contributed by atoms with E-state index in [1.807, 2.05) is 13.8 Å². The van der Waals surface area contributed by atoms with Crippen molar-refractivity contribution in [2.75, 3.05) is 0 Å². The number of hydrogen-bond donors (Lipinski definition) is 1. The predicted molar refractivity (Wildman–Crippen MR) is 60.1 cm³/mol. The van der Waals surface area contributed by atoms with Crippen molar-refractivity contribution in [2.45, 2.75) is 58.0 Å². The van der Waals surface area contributed by atoms with Crippen LogP contribution in [0.3, 0.4) is 0 Å². The van der Waals surface area contributed by atoms with E-state index >= 15 is 0 Å². The van der Waals surface area contributed by atoms with Gasteiger partial charge in [0.05, 0.1) is 12.0 Å². The Bertz CT molecular complexity index is 362. The van der Waals surface area contributed by atoms with Gasteiger partial charge in [-0.05, 0) is 25.2 Å². The summed E-state index contributed by atoms with van der Waals surface area (Å²) in [6.45, 7) is 6.23. The Balaban J connectivity index is 2.03. The number of hydrogen-bond acceptors (Lipinski definition) is 4. The molecular weight excluding hydrogens is 204 g/mol. The Morgan fingerprint density at radius 2 is 2.31 bits per heavy atom. The predicted octanol–water partition coefficient (Wildman–Crippen LogP) is 2.29. The van der Waals surface area contributed by atoms with Crippen LogP contribution in [0.4, 0.5) is 0 Å². The molecule has 0 aliphatic heterocycles. The third kappa shape index (κ3) is 2.43. The highest BCUT2D eigenvalue weighted by Crippen LogP contribution is 2.36. The van der Waals surface area contributed by atoms with Crippen molar-refractivity contribution >= 4 is 0 Å². The zero-order valence-electron chi connectivity index (χ0n) is 10.2. The minimum absolute atomic E-state index is 0.273. The average molecular weight is 224 g/mol. The average Bonchev–Trinajstić information content (AvgIpc) is 2.74. The summed E-state index contributed by atoms with van der Waals surface area (Å²) in [5.41, 5.74) is -0.625. The van der Waals surface area contributed by atoms with Crippen molar-refractivity contribution in [3.05, 3.63) is 11.7 Å². The maximum atomic E-state index is 10.3. The van der Waals surface area contributed by atoms with Crippen LogP contribution in [0.5, 0.6) is 0 Å². The first-order chi connectivity index (χ1) is 7.48. The zero-order chi connectivity index (χ0) is 11.8. The Morgan fingerprint density at radius 3 is 2.81 bits per heavy atom. The first-order valence-corrected chi connectivity index (χ1v) is 6.03. The lowest BCUT2D eigenvalue weighted by atomic mass is 9.97. The fourth-order valence-corrected chi connectivity index (χ4v) is 2.38. The molecule has 4 nitrogen and oxygen atoms in total. The summed E-state index contributed by atoms with van der Waals surface area (Å²) in [7, 11) is 0.